The topological polar surface area (TPSA) is 122 Å². The third kappa shape index (κ3) is 5.01. The van der Waals surface area contributed by atoms with E-state index in [1.54, 1.807) is 36.4 Å². The number of carbonyl (C=O) groups excluding carboxylic acids is 1. The quantitative estimate of drug-likeness (QED) is 0.414. The lowest BCUT2D eigenvalue weighted by molar-refractivity contribution is -0.383. The van der Waals surface area contributed by atoms with Crippen LogP contribution in [-0.4, -0.2) is 20.8 Å². The van der Waals surface area contributed by atoms with Crippen molar-refractivity contribution in [3.63, 3.8) is 0 Å². The number of hydrogen-bond donors (Lipinski definition) is 3. The van der Waals surface area contributed by atoms with Crippen molar-refractivity contribution in [3.05, 3.63) is 87.5 Å². The van der Waals surface area contributed by atoms with Crippen LogP contribution in [0.1, 0.15) is 21.5 Å². The summed E-state index contributed by atoms with van der Waals surface area (Å²) in [5.41, 5.74) is 6.52. The van der Waals surface area contributed by atoms with E-state index in [-0.39, 0.29) is 24.0 Å². The van der Waals surface area contributed by atoms with Gasteiger partial charge in [-0.25, -0.2) is 14.4 Å². The zero-order valence-corrected chi connectivity index (χ0v) is 15.3. The Morgan fingerprint density at radius 3 is 2.38 bits per heavy atom. The second kappa shape index (κ2) is 8.74. The molecule has 1 amide bonds. The molecule has 0 bridgehead atoms. The Morgan fingerprint density at radius 1 is 1.07 bits per heavy atom. The summed E-state index contributed by atoms with van der Waals surface area (Å²) in [5, 5.41) is 14.4. The molecule has 148 valence electrons. The van der Waals surface area contributed by atoms with Gasteiger partial charge in [-0.2, -0.15) is 0 Å². The fourth-order valence-electron chi connectivity index (χ4n) is 2.45. The van der Waals surface area contributed by atoms with E-state index in [2.05, 4.69) is 26.1 Å². The van der Waals surface area contributed by atoms with Gasteiger partial charge in [0.2, 0.25) is 11.6 Å². The Balaban J connectivity index is 1.73. The lowest BCUT2D eigenvalue weighted by atomic mass is 10.1. The van der Waals surface area contributed by atoms with E-state index in [0.717, 1.165) is 11.9 Å². The van der Waals surface area contributed by atoms with Crippen LogP contribution in [0.4, 0.5) is 21.7 Å². The molecule has 1 heterocycles. The summed E-state index contributed by atoms with van der Waals surface area (Å²) in [7, 11) is 0. The molecule has 0 aliphatic carbocycles. The van der Waals surface area contributed by atoms with E-state index in [1.165, 1.54) is 12.1 Å². The number of nitrogens with one attached hydrogen (secondary N) is 3. The van der Waals surface area contributed by atoms with Gasteiger partial charge in [-0.05, 0) is 36.8 Å². The van der Waals surface area contributed by atoms with Gasteiger partial charge in [0.15, 0.2) is 0 Å². The summed E-state index contributed by atoms with van der Waals surface area (Å²) in [4.78, 5) is 30.8. The van der Waals surface area contributed by atoms with E-state index in [4.69, 9.17) is 0 Å². The number of hydrogen-bond acceptors (Lipinski definition) is 7. The SMILES string of the molecule is Cc1ccc(C(=O)NNc2ncnc(NCc3ccc(F)cc3)c2[N+](=O)[O-])cc1. The highest BCUT2D eigenvalue weighted by Gasteiger charge is 2.23. The minimum absolute atomic E-state index is 0.0404. The molecule has 10 heteroatoms. The predicted octanol–water partition coefficient (Wildman–Crippen LogP) is 3.20. The highest BCUT2D eigenvalue weighted by molar-refractivity contribution is 5.95. The Labute approximate surface area is 165 Å². The highest BCUT2D eigenvalue weighted by atomic mass is 19.1. The number of amides is 1. The zero-order chi connectivity index (χ0) is 20.8. The number of aromatic nitrogens is 2. The molecule has 0 fully saturated rings. The first kappa shape index (κ1) is 19.7. The number of hydrazine groups is 1. The summed E-state index contributed by atoms with van der Waals surface area (Å²) in [6.45, 7) is 2.08. The van der Waals surface area contributed by atoms with Crippen LogP contribution in [0.3, 0.4) is 0 Å². The van der Waals surface area contributed by atoms with E-state index in [1.807, 2.05) is 6.92 Å². The average molecular weight is 396 g/mol. The van der Waals surface area contributed by atoms with Crippen LogP contribution in [0.25, 0.3) is 0 Å². The maximum atomic E-state index is 13.0. The van der Waals surface area contributed by atoms with Crippen molar-refractivity contribution in [1.82, 2.24) is 15.4 Å². The molecular weight excluding hydrogens is 379 g/mol. The van der Waals surface area contributed by atoms with E-state index < -0.39 is 16.5 Å². The van der Waals surface area contributed by atoms with Crippen LogP contribution < -0.4 is 16.2 Å². The number of anilines is 2. The number of aryl methyl sites for hydroxylation is 1. The van der Waals surface area contributed by atoms with Crippen LogP contribution in [0.15, 0.2) is 54.9 Å². The molecular formula is C19H17FN6O3. The fourth-order valence-corrected chi connectivity index (χ4v) is 2.45. The number of carbonyl (C=O) groups is 1. The van der Waals surface area contributed by atoms with Gasteiger partial charge in [0.25, 0.3) is 5.91 Å². The van der Waals surface area contributed by atoms with Gasteiger partial charge in [-0.1, -0.05) is 29.8 Å². The highest BCUT2D eigenvalue weighted by Crippen LogP contribution is 2.28. The number of nitrogens with zero attached hydrogens (tertiary/aromatic N) is 3. The van der Waals surface area contributed by atoms with Crippen molar-refractivity contribution < 1.29 is 14.1 Å². The summed E-state index contributed by atoms with van der Waals surface area (Å²) in [6.07, 6.45) is 1.13. The van der Waals surface area contributed by atoms with Crippen molar-refractivity contribution in [2.75, 3.05) is 10.7 Å². The largest absolute Gasteiger partial charge is 0.360 e. The normalized spacial score (nSPS) is 10.3. The van der Waals surface area contributed by atoms with E-state index in [0.29, 0.717) is 11.1 Å². The van der Waals surface area contributed by atoms with Gasteiger partial charge in [0, 0.05) is 12.1 Å². The van der Waals surface area contributed by atoms with Crippen molar-refractivity contribution >= 4 is 23.2 Å². The maximum absolute atomic E-state index is 13.0. The predicted molar refractivity (Wildman–Crippen MR) is 105 cm³/mol. The molecule has 3 aromatic rings. The Kier molecular flexibility index (Phi) is 5.93. The summed E-state index contributed by atoms with van der Waals surface area (Å²) in [5.74, 6) is -1.07. The van der Waals surface area contributed by atoms with Gasteiger partial charge in [-0.3, -0.25) is 25.8 Å². The van der Waals surface area contributed by atoms with Crippen molar-refractivity contribution in [1.29, 1.82) is 0 Å². The molecule has 0 spiro atoms. The average Bonchev–Trinajstić information content (AvgIpc) is 2.72. The minimum Gasteiger partial charge on any atom is -0.360 e. The van der Waals surface area contributed by atoms with Crippen LogP contribution in [0.2, 0.25) is 0 Å². The lowest BCUT2D eigenvalue weighted by Gasteiger charge is -2.11. The Hall–Kier alpha value is -4.08. The molecule has 9 nitrogen and oxygen atoms in total. The fraction of sp³-hybridized carbons (Fsp3) is 0.105. The summed E-state index contributed by atoms with van der Waals surface area (Å²) >= 11 is 0. The number of rotatable bonds is 7. The summed E-state index contributed by atoms with van der Waals surface area (Å²) < 4.78 is 13.0. The molecule has 1 aromatic heterocycles. The molecule has 3 N–H and O–H groups in total. The third-order valence-electron chi connectivity index (χ3n) is 3.99. The number of nitro groups is 1. The second-order valence-electron chi connectivity index (χ2n) is 6.10. The minimum atomic E-state index is -0.659. The van der Waals surface area contributed by atoms with Crippen molar-refractivity contribution in [3.8, 4) is 0 Å². The summed E-state index contributed by atoms with van der Waals surface area (Å²) in [6, 6.07) is 12.5. The van der Waals surface area contributed by atoms with Crippen LogP contribution >= 0.6 is 0 Å². The van der Waals surface area contributed by atoms with Gasteiger partial charge in [0.1, 0.15) is 12.1 Å². The smallest absolute Gasteiger partial charge is 0.354 e. The van der Waals surface area contributed by atoms with Crippen LogP contribution in [-0.2, 0) is 6.54 Å². The lowest BCUT2D eigenvalue weighted by Crippen LogP contribution is -2.30. The first-order valence-corrected chi connectivity index (χ1v) is 8.55. The molecule has 0 saturated carbocycles. The van der Waals surface area contributed by atoms with E-state index >= 15 is 0 Å². The monoisotopic (exact) mass is 396 g/mol. The second-order valence-corrected chi connectivity index (χ2v) is 6.10. The van der Waals surface area contributed by atoms with E-state index in [9.17, 15) is 19.3 Å². The molecule has 0 aliphatic rings. The maximum Gasteiger partial charge on any atom is 0.354 e. The molecule has 29 heavy (non-hydrogen) atoms. The Morgan fingerprint density at radius 2 is 1.72 bits per heavy atom. The first-order valence-electron chi connectivity index (χ1n) is 8.55. The van der Waals surface area contributed by atoms with Gasteiger partial charge in [0.05, 0.1) is 4.92 Å². The molecule has 0 aliphatic heterocycles. The molecule has 0 saturated heterocycles. The van der Waals surface area contributed by atoms with Gasteiger partial charge >= 0.3 is 5.69 Å². The molecule has 0 atom stereocenters. The van der Waals surface area contributed by atoms with Crippen LogP contribution in [0, 0.1) is 22.9 Å². The first-order chi connectivity index (χ1) is 13.9. The number of benzene rings is 2. The Bertz CT molecular complexity index is 1030. The molecule has 3 rings (SSSR count). The molecule has 0 radical (unpaired) electrons. The van der Waals surface area contributed by atoms with Gasteiger partial charge < -0.3 is 5.32 Å². The standard InChI is InChI=1S/C19H17FN6O3/c1-12-2-6-14(7-3-12)19(27)25-24-18-16(26(28)29)17(22-11-23-18)21-10-13-4-8-15(20)9-5-13/h2-9,11H,10H2,1H3,(H,25,27)(H2,21,22,23,24). The van der Waals surface area contributed by atoms with Gasteiger partial charge in [-0.15, -0.1) is 0 Å². The third-order valence-corrected chi connectivity index (χ3v) is 3.99. The van der Waals surface area contributed by atoms with Crippen molar-refractivity contribution in [2.45, 2.75) is 13.5 Å². The number of halogens is 1. The molecule has 0 unspecified atom stereocenters. The zero-order valence-electron chi connectivity index (χ0n) is 15.3. The molecule has 2 aromatic carbocycles. The van der Waals surface area contributed by atoms with Crippen molar-refractivity contribution in [2.24, 2.45) is 0 Å². The van der Waals surface area contributed by atoms with Crippen LogP contribution in [0.5, 0.6) is 0 Å².